The molecule has 4 N–H and O–H groups in total. The minimum atomic E-state index is -5.37. The number of hydrogen-bond acceptors (Lipinski definition) is 6. The van der Waals surface area contributed by atoms with E-state index >= 15 is 0 Å². The third kappa shape index (κ3) is 8.30. The number of ether oxygens (including phenoxy) is 1. The largest absolute Gasteiger partial charge is 0.491 e. The molecule has 0 radical (unpaired) electrons. The second-order valence-electron chi connectivity index (χ2n) is 10.2. The fourth-order valence-corrected chi connectivity index (χ4v) is 4.82. The second-order valence-corrected chi connectivity index (χ2v) is 10.2. The van der Waals surface area contributed by atoms with Gasteiger partial charge in [0.05, 0.1) is 23.7 Å². The number of halogens is 3. The Hall–Kier alpha value is -4.42. The highest BCUT2D eigenvalue weighted by molar-refractivity contribution is 6.10. The zero-order valence-electron chi connectivity index (χ0n) is 23.4. The summed E-state index contributed by atoms with van der Waals surface area (Å²) in [5.41, 5.74) is 7.11. The molecule has 2 aromatic carbocycles. The average molecular weight is 590 g/mol. The number of aryl methyl sites for hydroxylation is 1. The predicted molar refractivity (Wildman–Crippen MR) is 149 cm³/mol. The number of nitrogens with two attached hydrogens (primary N) is 1. The van der Waals surface area contributed by atoms with Crippen molar-refractivity contribution in [2.75, 3.05) is 18.0 Å². The number of fused-ring (bicyclic) bond motifs is 1. The molecule has 0 bridgehead atoms. The van der Waals surface area contributed by atoms with Gasteiger partial charge < -0.3 is 25.6 Å². The highest BCUT2D eigenvalue weighted by atomic mass is 19.4. The molecular formula is C29H34F3N5O5. The van der Waals surface area contributed by atoms with Gasteiger partial charge in [-0.3, -0.25) is 19.8 Å². The predicted octanol–water partition coefficient (Wildman–Crippen LogP) is 3.84. The van der Waals surface area contributed by atoms with Crippen LogP contribution in [0.5, 0.6) is 0 Å². The zero-order chi connectivity index (χ0) is 31.0. The lowest BCUT2D eigenvalue weighted by molar-refractivity contribution is -0.202. The molecule has 0 aromatic heterocycles. The van der Waals surface area contributed by atoms with Crippen LogP contribution in [0.3, 0.4) is 0 Å². The fraction of sp³-hybridized carbons (Fsp3) is 0.414. The molecule has 42 heavy (non-hydrogen) atoms. The molecule has 0 spiro atoms. The van der Waals surface area contributed by atoms with Crippen molar-refractivity contribution in [3.05, 3.63) is 65.2 Å². The molecule has 0 fully saturated rings. The lowest BCUT2D eigenvalue weighted by Gasteiger charge is -2.30. The van der Waals surface area contributed by atoms with Crippen LogP contribution in [-0.4, -0.2) is 59.9 Å². The van der Waals surface area contributed by atoms with Crippen molar-refractivity contribution < 1.29 is 37.1 Å². The molecule has 0 aliphatic carbocycles. The van der Waals surface area contributed by atoms with Gasteiger partial charge in [-0.25, -0.2) is 4.79 Å². The van der Waals surface area contributed by atoms with Crippen LogP contribution in [-0.2, 0) is 25.5 Å². The monoisotopic (exact) mass is 589 g/mol. The van der Waals surface area contributed by atoms with Crippen molar-refractivity contribution in [3.63, 3.8) is 0 Å². The number of esters is 2. The van der Waals surface area contributed by atoms with E-state index in [9.17, 15) is 32.3 Å². The lowest BCUT2D eigenvalue weighted by atomic mass is 9.99. The number of anilines is 1. The summed E-state index contributed by atoms with van der Waals surface area (Å²) in [4.78, 5) is 54.0. The molecule has 2 aromatic rings. The highest BCUT2D eigenvalue weighted by Crippen LogP contribution is 2.34. The Morgan fingerprint density at radius 2 is 1.76 bits per heavy atom. The summed E-state index contributed by atoms with van der Waals surface area (Å²) >= 11 is 0. The summed E-state index contributed by atoms with van der Waals surface area (Å²) in [7, 11) is 0. The SMILES string of the molecule is CC(C)N1C(=O)CN(C(CC(=O)OC(=O)C(F)(F)F)c2ccccc2)C(=O)c2cc(CCCCCNC(=N)N)ccc21. The van der Waals surface area contributed by atoms with E-state index in [1.807, 2.05) is 6.07 Å². The quantitative estimate of drug-likeness (QED) is 0.119. The van der Waals surface area contributed by atoms with Crippen molar-refractivity contribution in [2.24, 2.45) is 5.73 Å². The van der Waals surface area contributed by atoms with Crippen molar-refractivity contribution in [1.82, 2.24) is 10.2 Å². The first-order valence-electron chi connectivity index (χ1n) is 13.5. The van der Waals surface area contributed by atoms with Gasteiger partial charge in [0.2, 0.25) is 5.91 Å². The second kappa shape index (κ2) is 14.0. The number of carbonyl (C=O) groups excluding carboxylic acids is 4. The Kier molecular flexibility index (Phi) is 10.7. The molecule has 0 saturated heterocycles. The minimum absolute atomic E-state index is 0.0953. The van der Waals surface area contributed by atoms with E-state index in [0.717, 1.165) is 29.7 Å². The maximum absolute atomic E-state index is 14.1. The Labute approximate surface area is 241 Å². The summed E-state index contributed by atoms with van der Waals surface area (Å²) in [5, 5.41) is 9.95. The van der Waals surface area contributed by atoms with Gasteiger partial charge in [0, 0.05) is 12.6 Å². The van der Waals surface area contributed by atoms with E-state index < -0.39 is 48.9 Å². The van der Waals surface area contributed by atoms with Gasteiger partial charge in [-0.05, 0) is 56.4 Å². The van der Waals surface area contributed by atoms with Crippen LogP contribution in [0.15, 0.2) is 48.5 Å². The van der Waals surface area contributed by atoms with Crippen molar-refractivity contribution in [1.29, 1.82) is 5.41 Å². The fourth-order valence-electron chi connectivity index (χ4n) is 4.82. The van der Waals surface area contributed by atoms with Crippen LogP contribution in [0.25, 0.3) is 0 Å². The number of alkyl halides is 3. The summed E-state index contributed by atoms with van der Waals surface area (Å²) in [6.45, 7) is 3.69. The Morgan fingerprint density at radius 1 is 1.07 bits per heavy atom. The minimum Gasteiger partial charge on any atom is -0.386 e. The number of amides is 2. The van der Waals surface area contributed by atoms with E-state index in [-0.39, 0.29) is 17.6 Å². The molecular weight excluding hydrogens is 555 g/mol. The van der Waals surface area contributed by atoms with Crippen LogP contribution < -0.4 is 16.0 Å². The molecule has 226 valence electrons. The Balaban J connectivity index is 1.94. The summed E-state index contributed by atoms with van der Waals surface area (Å²) in [6.07, 6.45) is -3.11. The van der Waals surface area contributed by atoms with Gasteiger partial charge in [0.1, 0.15) is 6.54 Å². The summed E-state index contributed by atoms with van der Waals surface area (Å²) < 4.78 is 42.2. The number of benzene rings is 2. The standard InChI is InChI=1S/C29H34F3N5O5/c1-18(2)37-22-13-12-19(9-5-4-8-14-35-28(33)34)15-21(22)26(40)36(17-24(37)38)23(20-10-6-3-7-11-20)16-25(39)42-27(41)29(30,31)32/h3,6-7,10-13,15,18,23H,4-5,8-9,14,16-17H2,1-2H3,(H4,33,34,35). The topological polar surface area (TPSA) is 146 Å². The first-order valence-corrected chi connectivity index (χ1v) is 13.5. The number of unbranched alkanes of at least 4 members (excludes halogenated alkanes) is 2. The molecule has 1 atom stereocenters. The van der Waals surface area contributed by atoms with Gasteiger partial charge in [-0.15, -0.1) is 0 Å². The third-order valence-electron chi connectivity index (χ3n) is 6.72. The van der Waals surface area contributed by atoms with E-state index in [0.29, 0.717) is 24.2 Å². The molecule has 3 rings (SSSR count). The van der Waals surface area contributed by atoms with E-state index in [1.165, 1.54) is 4.90 Å². The first-order chi connectivity index (χ1) is 19.8. The van der Waals surface area contributed by atoms with E-state index in [1.54, 1.807) is 56.3 Å². The van der Waals surface area contributed by atoms with E-state index in [4.69, 9.17) is 11.1 Å². The van der Waals surface area contributed by atoms with Gasteiger partial charge in [0.25, 0.3) is 5.91 Å². The number of guanidine groups is 1. The molecule has 0 saturated carbocycles. The van der Waals surface area contributed by atoms with Crippen LogP contribution in [0.4, 0.5) is 18.9 Å². The van der Waals surface area contributed by atoms with Gasteiger partial charge in [-0.1, -0.05) is 42.8 Å². The van der Waals surface area contributed by atoms with Crippen molar-refractivity contribution in [2.45, 2.75) is 64.2 Å². The smallest absolute Gasteiger partial charge is 0.386 e. The van der Waals surface area contributed by atoms with Crippen LogP contribution >= 0.6 is 0 Å². The molecule has 10 nitrogen and oxygen atoms in total. The maximum atomic E-state index is 14.1. The summed E-state index contributed by atoms with van der Waals surface area (Å²) in [5.74, 6) is -5.26. The van der Waals surface area contributed by atoms with Crippen LogP contribution in [0.1, 0.15) is 67.1 Å². The Morgan fingerprint density at radius 3 is 2.38 bits per heavy atom. The van der Waals surface area contributed by atoms with Crippen LogP contribution in [0.2, 0.25) is 0 Å². The maximum Gasteiger partial charge on any atom is 0.491 e. The van der Waals surface area contributed by atoms with Gasteiger partial charge in [-0.2, -0.15) is 13.2 Å². The molecule has 1 aliphatic rings. The number of rotatable bonds is 11. The average Bonchev–Trinajstić information content (AvgIpc) is 3.02. The lowest BCUT2D eigenvalue weighted by Crippen LogP contribution is -2.44. The molecule has 1 heterocycles. The molecule has 1 aliphatic heterocycles. The van der Waals surface area contributed by atoms with Gasteiger partial charge in [0.15, 0.2) is 5.96 Å². The zero-order valence-corrected chi connectivity index (χ0v) is 23.4. The van der Waals surface area contributed by atoms with Gasteiger partial charge >= 0.3 is 18.1 Å². The number of nitrogens with one attached hydrogen (secondary N) is 2. The third-order valence-corrected chi connectivity index (χ3v) is 6.72. The molecule has 13 heteroatoms. The Bertz CT molecular complexity index is 1320. The normalized spacial score (nSPS) is 14.3. The molecule has 1 unspecified atom stereocenters. The number of nitrogens with zero attached hydrogens (tertiary/aromatic N) is 2. The van der Waals surface area contributed by atoms with Crippen molar-refractivity contribution >= 4 is 35.4 Å². The van der Waals surface area contributed by atoms with E-state index in [2.05, 4.69) is 10.1 Å². The first kappa shape index (κ1) is 32.1. The van der Waals surface area contributed by atoms with Crippen LogP contribution in [0, 0.1) is 5.41 Å². The summed E-state index contributed by atoms with van der Waals surface area (Å²) in [6, 6.07) is 11.8. The van der Waals surface area contributed by atoms with Crippen molar-refractivity contribution in [3.8, 4) is 0 Å². The number of hydrogen-bond donors (Lipinski definition) is 3. The number of carbonyl (C=O) groups is 4. The molecule has 2 amide bonds. The highest BCUT2D eigenvalue weighted by Gasteiger charge is 2.43.